The van der Waals surface area contributed by atoms with Crippen LogP contribution in [0, 0.1) is 6.92 Å². The smallest absolute Gasteiger partial charge is 0.409 e. The Labute approximate surface area is 170 Å². The van der Waals surface area contributed by atoms with E-state index >= 15 is 0 Å². The van der Waals surface area contributed by atoms with Crippen LogP contribution < -0.4 is 10.1 Å². The van der Waals surface area contributed by atoms with Crippen molar-refractivity contribution >= 4 is 23.4 Å². The maximum atomic E-state index is 12.9. The Hall–Kier alpha value is -3.29. The van der Waals surface area contributed by atoms with Crippen LogP contribution in [0.3, 0.4) is 0 Å². The third-order valence-electron chi connectivity index (χ3n) is 4.71. The van der Waals surface area contributed by atoms with Crippen molar-refractivity contribution in [2.75, 3.05) is 45.2 Å². The molecule has 8 nitrogen and oxygen atoms in total. The highest BCUT2D eigenvalue weighted by Gasteiger charge is 2.25. The number of aromatic nitrogens is 1. The predicted molar refractivity (Wildman–Crippen MR) is 110 cm³/mol. The second-order valence-corrected chi connectivity index (χ2v) is 6.77. The fourth-order valence-corrected chi connectivity index (χ4v) is 3.19. The van der Waals surface area contributed by atoms with E-state index in [1.807, 2.05) is 25.1 Å². The third kappa shape index (κ3) is 4.96. The van der Waals surface area contributed by atoms with Gasteiger partial charge in [0, 0.05) is 32.4 Å². The average Bonchev–Trinajstić information content (AvgIpc) is 2.74. The van der Waals surface area contributed by atoms with Gasteiger partial charge in [0.2, 0.25) is 0 Å². The SMILES string of the molecule is CCOC(=O)N1CCN(C(=O)c2cncc(Nc3cc(C)ccc3OC)c2)CC1. The minimum absolute atomic E-state index is 0.110. The summed E-state index contributed by atoms with van der Waals surface area (Å²) in [5.41, 5.74) is 3.09. The highest BCUT2D eigenvalue weighted by molar-refractivity contribution is 5.95. The number of rotatable bonds is 5. The molecule has 29 heavy (non-hydrogen) atoms. The van der Waals surface area contributed by atoms with Crippen molar-refractivity contribution in [1.29, 1.82) is 0 Å². The zero-order chi connectivity index (χ0) is 20.8. The van der Waals surface area contributed by atoms with Crippen molar-refractivity contribution in [3.8, 4) is 5.75 Å². The van der Waals surface area contributed by atoms with Crippen molar-refractivity contribution < 1.29 is 19.1 Å². The Bertz CT molecular complexity index is 879. The van der Waals surface area contributed by atoms with E-state index in [9.17, 15) is 9.59 Å². The van der Waals surface area contributed by atoms with Crippen LogP contribution in [0.15, 0.2) is 36.7 Å². The number of methoxy groups -OCH3 is 1. The number of carbonyl (C=O) groups is 2. The summed E-state index contributed by atoms with van der Waals surface area (Å²) < 4.78 is 10.4. The molecule has 0 bridgehead atoms. The number of hydrogen-bond donors (Lipinski definition) is 1. The molecular formula is C21H26N4O4. The molecule has 0 atom stereocenters. The maximum absolute atomic E-state index is 12.9. The second kappa shape index (κ2) is 9.27. The van der Waals surface area contributed by atoms with Gasteiger partial charge in [-0.25, -0.2) is 4.79 Å². The quantitative estimate of drug-likeness (QED) is 0.833. The van der Waals surface area contributed by atoms with E-state index < -0.39 is 0 Å². The number of carbonyl (C=O) groups excluding carboxylic acids is 2. The summed E-state index contributed by atoms with van der Waals surface area (Å²) >= 11 is 0. The molecule has 0 spiro atoms. The second-order valence-electron chi connectivity index (χ2n) is 6.77. The molecule has 0 radical (unpaired) electrons. The molecule has 154 valence electrons. The van der Waals surface area contributed by atoms with Gasteiger partial charge in [-0.2, -0.15) is 0 Å². The molecule has 1 fully saturated rings. The molecule has 0 unspecified atom stereocenters. The molecule has 2 amide bonds. The summed E-state index contributed by atoms with van der Waals surface area (Å²) in [6.45, 7) is 5.95. The van der Waals surface area contributed by atoms with Crippen molar-refractivity contribution in [3.05, 3.63) is 47.8 Å². The topological polar surface area (TPSA) is 84.0 Å². The normalized spacial score (nSPS) is 13.8. The molecule has 2 heterocycles. The van der Waals surface area contributed by atoms with Gasteiger partial charge in [-0.3, -0.25) is 9.78 Å². The zero-order valence-electron chi connectivity index (χ0n) is 17.0. The number of hydrogen-bond acceptors (Lipinski definition) is 6. The summed E-state index contributed by atoms with van der Waals surface area (Å²) in [5.74, 6) is 0.600. The Morgan fingerprint density at radius 1 is 1.10 bits per heavy atom. The first-order valence-electron chi connectivity index (χ1n) is 9.59. The van der Waals surface area contributed by atoms with E-state index in [1.54, 1.807) is 42.3 Å². The van der Waals surface area contributed by atoms with Gasteiger partial charge >= 0.3 is 6.09 Å². The highest BCUT2D eigenvalue weighted by Crippen LogP contribution is 2.28. The van der Waals surface area contributed by atoms with Crippen LogP contribution in [0.1, 0.15) is 22.8 Å². The first kappa shape index (κ1) is 20.4. The van der Waals surface area contributed by atoms with Crippen LogP contribution in [0.25, 0.3) is 0 Å². The Balaban J connectivity index is 1.68. The Morgan fingerprint density at radius 3 is 2.52 bits per heavy atom. The van der Waals surface area contributed by atoms with Crippen LogP contribution in [-0.2, 0) is 4.74 Å². The number of benzene rings is 1. The lowest BCUT2D eigenvalue weighted by Crippen LogP contribution is -2.50. The van der Waals surface area contributed by atoms with Gasteiger partial charge in [0.25, 0.3) is 5.91 Å². The number of aryl methyl sites for hydroxylation is 1. The molecule has 1 aliphatic heterocycles. The van der Waals surface area contributed by atoms with E-state index in [2.05, 4.69) is 10.3 Å². The van der Waals surface area contributed by atoms with Gasteiger partial charge in [0.05, 0.1) is 36.9 Å². The minimum atomic E-state index is -0.334. The molecule has 0 saturated carbocycles. The van der Waals surface area contributed by atoms with Gasteiger partial charge in [-0.1, -0.05) is 6.07 Å². The first-order chi connectivity index (χ1) is 14.0. The number of amides is 2. The van der Waals surface area contributed by atoms with Crippen LogP contribution >= 0.6 is 0 Å². The number of anilines is 2. The summed E-state index contributed by atoms with van der Waals surface area (Å²) in [5, 5.41) is 3.27. The summed E-state index contributed by atoms with van der Waals surface area (Å²) in [7, 11) is 1.62. The fourth-order valence-electron chi connectivity index (χ4n) is 3.19. The average molecular weight is 398 g/mol. The van der Waals surface area contributed by atoms with Gasteiger partial charge < -0.3 is 24.6 Å². The van der Waals surface area contributed by atoms with E-state index in [1.165, 1.54) is 0 Å². The van der Waals surface area contributed by atoms with Crippen molar-refractivity contribution in [2.45, 2.75) is 13.8 Å². The monoisotopic (exact) mass is 398 g/mol. The summed E-state index contributed by atoms with van der Waals surface area (Å²) in [4.78, 5) is 32.2. The molecule has 1 saturated heterocycles. The minimum Gasteiger partial charge on any atom is -0.495 e. The lowest BCUT2D eigenvalue weighted by Gasteiger charge is -2.34. The van der Waals surface area contributed by atoms with Crippen LogP contribution in [0.5, 0.6) is 5.75 Å². The first-order valence-corrected chi connectivity index (χ1v) is 9.59. The molecule has 0 aliphatic carbocycles. The number of piperazine rings is 1. The molecule has 8 heteroatoms. The van der Waals surface area contributed by atoms with E-state index in [0.717, 1.165) is 11.3 Å². The lowest BCUT2D eigenvalue weighted by atomic mass is 10.2. The molecule has 2 aromatic rings. The standard InChI is InChI=1S/C21H26N4O4/c1-4-29-21(27)25-9-7-24(8-10-25)20(26)16-12-17(14-22-13-16)23-18-11-15(2)5-6-19(18)28-3/h5-6,11-14,23H,4,7-10H2,1-3H3. The summed E-state index contributed by atoms with van der Waals surface area (Å²) in [6.07, 6.45) is 2.88. The number of nitrogens with one attached hydrogen (secondary N) is 1. The maximum Gasteiger partial charge on any atom is 0.409 e. The van der Waals surface area contributed by atoms with Gasteiger partial charge in [0.15, 0.2) is 0 Å². The lowest BCUT2D eigenvalue weighted by molar-refractivity contribution is 0.0570. The van der Waals surface area contributed by atoms with Crippen LogP contribution in [-0.4, -0.2) is 66.7 Å². The van der Waals surface area contributed by atoms with E-state index in [-0.39, 0.29) is 12.0 Å². The van der Waals surface area contributed by atoms with Crippen LogP contribution in [0.4, 0.5) is 16.2 Å². The predicted octanol–water partition coefficient (Wildman–Crippen LogP) is 3.06. The molecule has 1 N–H and O–H groups in total. The largest absolute Gasteiger partial charge is 0.495 e. The third-order valence-corrected chi connectivity index (χ3v) is 4.71. The highest BCUT2D eigenvalue weighted by atomic mass is 16.6. The van der Waals surface area contributed by atoms with Gasteiger partial charge in [0.1, 0.15) is 5.75 Å². The van der Waals surface area contributed by atoms with Crippen LogP contribution in [0.2, 0.25) is 0 Å². The van der Waals surface area contributed by atoms with Gasteiger partial charge in [-0.15, -0.1) is 0 Å². The van der Waals surface area contributed by atoms with Gasteiger partial charge in [-0.05, 0) is 37.6 Å². The number of pyridine rings is 1. The number of ether oxygens (including phenoxy) is 2. The Morgan fingerprint density at radius 2 is 1.83 bits per heavy atom. The summed E-state index contributed by atoms with van der Waals surface area (Å²) in [6, 6.07) is 7.61. The van der Waals surface area contributed by atoms with Crippen molar-refractivity contribution in [3.63, 3.8) is 0 Å². The molecule has 1 aromatic carbocycles. The van der Waals surface area contributed by atoms with Crippen molar-refractivity contribution in [1.82, 2.24) is 14.8 Å². The van der Waals surface area contributed by atoms with E-state index in [4.69, 9.17) is 9.47 Å². The molecule has 3 rings (SSSR count). The molecule has 1 aromatic heterocycles. The number of nitrogens with zero attached hydrogens (tertiary/aromatic N) is 3. The van der Waals surface area contributed by atoms with E-state index in [0.29, 0.717) is 49.8 Å². The van der Waals surface area contributed by atoms with Crippen molar-refractivity contribution in [2.24, 2.45) is 0 Å². The molecule has 1 aliphatic rings. The molecular weight excluding hydrogens is 372 g/mol. The Kier molecular flexibility index (Phi) is 6.54. The fraction of sp³-hybridized carbons (Fsp3) is 0.381. The zero-order valence-corrected chi connectivity index (χ0v) is 17.0.